The molecule has 1 saturated carbocycles. The average Bonchev–Trinajstić information content (AvgIpc) is 2.69. The predicted octanol–water partition coefficient (Wildman–Crippen LogP) is 3.94. The summed E-state index contributed by atoms with van der Waals surface area (Å²) in [6, 6.07) is 9.81. The van der Waals surface area contributed by atoms with Crippen LogP contribution in [0.25, 0.3) is 0 Å². The Balaban J connectivity index is 1.87. The lowest BCUT2D eigenvalue weighted by Gasteiger charge is -2.33. The van der Waals surface area contributed by atoms with Crippen molar-refractivity contribution in [3.8, 4) is 0 Å². The molecule has 1 fully saturated rings. The number of nitrogens with zero attached hydrogens (tertiary/aromatic N) is 1. The molecule has 1 atom stereocenters. The lowest BCUT2D eigenvalue weighted by Crippen LogP contribution is -2.35. The summed E-state index contributed by atoms with van der Waals surface area (Å²) in [4.78, 5) is 2.68. The van der Waals surface area contributed by atoms with E-state index in [9.17, 15) is 0 Å². The number of para-hydroxylation sites is 1. The number of hydrogen-bond donors (Lipinski definition) is 0. The van der Waals surface area contributed by atoms with Gasteiger partial charge in [0.05, 0.1) is 0 Å². The second-order valence-corrected chi connectivity index (χ2v) is 5.40. The first-order valence-electron chi connectivity index (χ1n) is 6.72. The van der Waals surface area contributed by atoms with Crippen molar-refractivity contribution in [2.24, 2.45) is 0 Å². The van der Waals surface area contributed by atoms with Crippen molar-refractivity contribution in [2.45, 2.75) is 51.0 Å². The van der Waals surface area contributed by atoms with Gasteiger partial charge < -0.3 is 4.90 Å². The van der Waals surface area contributed by atoms with E-state index in [-0.39, 0.29) is 0 Å². The standard InChI is InChI=1S/C15H21N/c1-12-11-16(13-7-3-2-4-8-13)15-10-6-5-9-14(12)15/h5-6,9-10,12-13H,2-4,7-8,11H2,1H3. The molecule has 0 aromatic heterocycles. The summed E-state index contributed by atoms with van der Waals surface area (Å²) in [5.41, 5.74) is 3.08. The van der Waals surface area contributed by atoms with Crippen molar-refractivity contribution < 1.29 is 0 Å². The minimum atomic E-state index is 0.720. The number of fused-ring (bicyclic) bond motifs is 1. The summed E-state index contributed by atoms with van der Waals surface area (Å²) >= 11 is 0. The molecule has 1 unspecified atom stereocenters. The van der Waals surface area contributed by atoms with Gasteiger partial charge in [-0.2, -0.15) is 0 Å². The van der Waals surface area contributed by atoms with E-state index < -0.39 is 0 Å². The Morgan fingerprint density at radius 2 is 1.81 bits per heavy atom. The second kappa shape index (κ2) is 4.12. The highest BCUT2D eigenvalue weighted by atomic mass is 15.2. The smallest absolute Gasteiger partial charge is 0.0404 e. The Morgan fingerprint density at radius 3 is 2.62 bits per heavy atom. The third-order valence-electron chi connectivity index (χ3n) is 4.26. The van der Waals surface area contributed by atoms with E-state index in [2.05, 4.69) is 36.1 Å². The molecule has 1 nitrogen and oxygen atoms in total. The highest BCUT2D eigenvalue weighted by Crippen LogP contribution is 2.39. The molecule has 1 aliphatic heterocycles. The fraction of sp³-hybridized carbons (Fsp3) is 0.600. The molecule has 1 aromatic rings. The zero-order valence-electron chi connectivity index (χ0n) is 10.2. The van der Waals surface area contributed by atoms with Gasteiger partial charge in [0.2, 0.25) is 0 Å². The van der Waals surface area contributed by atoms with Gasteiger partial charge >= 0.3 is 0 Å². The van der Waals surface area contributed by atoms with Crippen molar-refractivity contribution >= 4 is 5.69 Å². The van der Waals surface area contributed by atoms with Gasteiger partial charge in [0, 0.05) is 24.2 Å². The first-order valence-corrected chi connectivity index (χ1v) is 6.72. The lowest BCUT2D eigenvalue weighted by molar-refractivity contribution is 0.416. The highest BCUT2D eigenvalue weighted by Gasteiger charge is 2.30. The molecule has 0 spiro atoms. The summed E-state index contributed by atoms with van der Waals surface area (Å²) in [6.07, 6.45) is 7.11. The second-order valence-electron chi connectivity index (χ2n) is 5.40. The van der Waals surface area contributed by atoms with Gasteiger partial charge in [0.25, 0.3) is 0 Å². The molecule has 1 heterocycles. The van der Waals surface area contributed by atoms with Gasteiger partial charge in [-0.15, -0.1) is 0 Å². The summed E-state index contributed by atoms with van der Waals surface area (Å²) in [7, 11) is 0. The van der Waals surface area contributed by atoms with Crippen molar-refractivity contribution in [2.75, 3.05) is 11.4 Å². The molecule has 3 rings (SSSR count). The molecule has 2 aliphatic rings. The lowest BCUT2D eigenvalue weighted by atomic mass is 9.94. The van der Waals surface area contributed by atoms with Crippen LogP contribution in [0.3, 0.4) is 0 Å². The molecule has 0 bridgehead atoms. The van der Waals surface area contributed by atoms with Crippen LogP contribution in [-0.4, -0.2) is 12.6 Å². The first kappa shape index (κ1) is 10.2. The van der Waals surface area contributed by atoms with Crippen molar-refractivity contribution in [1.82, 2.24) is 0 Å². The Bertz CT molecular complexity index is 365. The van der Waals surface area contributed by atoms with E-state index in [1.165, 1.54) is 44.3 Å². The van der Waals surface area contributed by atoms with Gasteiger partial charge in [-0.3, -0.25) is 0 Å². The number of anilines is 1. The summed E-state index contributed by atoms with van der Waals surface area (Å²) in [6.45, 7) is 3.60. The molecular weight excluding hydrogens is 194 g/mol. The number of benzene rings is 1. The van der Waals surface area contributed by atoms with E-state index in [4.69, 9.17) is 0 Å². The maximum Gasteiger partial charge on any atom is 0.0404 e. The van der Waals surface area contributed by atoms with E-state index in [0.29, 0.717) is 0 Å². The summed E-state index contributed by atoms with van der Waals surface area (Å²) in [5.74, 6) is 0.720. The van der Waals surface area contributed by atoms with E-state index >= 15 is 0 Å². The average molecular weight is 215 g/mol. The van der Waals surface area contributed by atoms with Gasteiger partial charge in [0.1, 0.15) is 0 Å². The van der Waals surface area contributed by atoms with Gasteiger partial charge in [-0.1, -0.05) is 44.4 Å². The van der Waals surface area contributed by atoms with E-state index in [0.717, 1.165) is 12.0 Å². The van der Waals surface area contributed by atoms with Crippen LogP contribution < -0.4 is 4.90 Å². The van der Waals surface area contributed by atoms with Crippen molar-refractivity contribution in [3.63, 3.8) is 0 Å². The largest absolute Gasteiger partial charge is 0.368 e. The topological polar surface area (TPSA) is 3.24 Å². The molecule has 1 aliphatic carbocycles. The number of hydrogen-bond acceptors (Lipinski definition) is 1. The third kappa shape index (κ3) is 1.63. The van der Waals surface area contributed by atoms with Crippen LogP contribution in [0.2, 0.25) is 0 Å². The van der Waals surface area contributed by atoms with Crippen LogP contribution >= 0.6 is 0 Å². The molecule has 86 valence electrons. The van der Waals surface area contributed by atoms with Crippen LogP contribution in [0.1, 0.15) is 50.5 Å². The maximum absolute atomic E-state index is 2.68. The summed E-state index contributed by atoms with van der Waals surface area (Å²) in [5, 5.41) is 0. The van der Waals surface area contributed by atoms with Crippen molar-refractivity contribution in [1.29, 1.82) is 0 Å². The van der Waals surface area contributed by atoms with E-state index in [1.807, 2.05) is 0 Å². The molecule has 0 radical (unpaired) electrons. The molecule has 1 aromatic carbocycles. The normalized spacial score (nSPS) is 25.8. The molecular formula is C15H21N. The maximum atomic E-state index is 2.68. The zero-order chi connectivity index (χ0) is 11.0. The van der Waals surface area contributed by atoms with Gasteiger partial charge in [-0.05, 0) is 24.5 Å². The highest BCUT2D eigenvalue weighted by molar-refractivity contribution is 5.60. The zero-order valence-corrected chi connectivity index (χ0v) is 10.2. The molecule has 0 saturated heterocycles. The molecule has 1 heteroatoms. The first-order chi connectivity index (χ1) is 7.86. The van der Waals surface area contributed by atoms with Gasteiger partial charge in [0.15, 0.2) is 0 Å². The quantitative estimate of drug-likeness (QED) is 0.686. The van der Waals surface area contributed by atoms with Crippen molar-refractivity contribution in [3.05, 3.63) is 29.8 Å². The van der Waals surface area contributed by atoms with Gasteiger partial charge in [-0.25, -0.2) is 0 Å². The Morgan fingerprint density at radius 1 is 1.06 bits per heavy atom. The van der Waals surface area contributed by atoms with Crippen LogP contribution in [0.15, 0.2) is 24.3 Å². The number of rotatable bonds is 1. The SMILES string of the molecule is CC1CN(C2CCCCC2)c2ccccc21. The predicted molar refractivity (Wildman–Crippen MR) is 69.1 cm³/mol. The fourth-order valence-corrected chi connectivity index (χ4v) is 3.40. The Hall–Kier alpha value is -0.980. The van der Waals surface area contributed by atoms with Crippen LogP contribution in [0.4, 0.5) is 5.69 Å². The Labute approximate surface area is 98.5 Å². The van der Waals surface area contributed by atoms with Crippen LogP contribution in [0, 0.1) is 0 Å². The minimum Gasteiger partial charge on any atom is -0.368 e. The minimum absolute atomic E-state index is 0.720. The molecule has 0 amide bonds. The van der Waals surface area contributed by atoms with Crippen LogP contribution in [-0.2, 0) is 0 Å². The Kier molecular flexibility index (Phi) is 2.62. The van der Waals surface area contributed by atoms with Crippen LogP contribution in [0.5, 0.6) is 0 Å². The van der Waals surface area contributed by atoms with E-state index in [1.54, 1.807) is 5.56 Å². The third-order valence-corrected chi connectivity index (χ3v) is 4.26. The molecule has 0 N–H and O–H groups in total. The summed E-state index contributed by atoms with van der Waals surface area (Å²) < 4.78 is 0. The monoisotopic (exact) mass is 215 g/mol. The fourth-order valence-electron chi connectivity index (χ4n) is 3.40. The molecule has 16 heavy (non-hydrogen) atoms.